The molecule has 2 atom stereocenters. The Morgan fingerprint density at radius 2 is 1.43 bits per heavy atom. The third-order valence-electron chi connectivity index (χ3n) is 8.42. The number of fused-ring (bicyclic) bond motifs is 2. The van der Waals surface area contributed by atoms with E-state index in [0.29, 0.717) is 7.25 Å². The number of allylic oxidation sites excluding steroid dienone is 7. The van der Waals surface area contributed by atoms with Gasteiger partial charge in [-0.25, -0.2) is 0 Å². The summed E-state index contributed by atoms with van der Waals surface area (Å²) in [5.41, 5.74) is 14.3. The monoisotopic (exact) mass is 670 g/mol. The fourth-order valence-corrected chi connectivity index (χ4v) is 11.6. The molecule has 0 saturated heterocycles. The Hall–Kier alpha value is -3.10. The molecule has 4 aromatic rings. The van der Waals surface area contributed by atoms with Gasteiger partial charge in [0.1, 0.15) is 0 Å². The van der Waals surface area contributed by atoms with E-state index in [2.05, 4.69) is 154 Å². The normalized spacial score (nSPS) is 17.2. The average Bonchev–Trinajstić information content (AvgIpc) is 3.54. The van der Waals surface area contributed by atoms with Crippen molar-refractivity contribution in [3.05, 3.63) is 166 Å². The van der Waals surface area contributed by atoms with E-state index in [1.165, 1.54) is 73.2 Å². The minimum absolute atomic E-state index is 0.511. The zero-order chi connectivity index (χ0) is 30.7. The molecular formula is C41H44OSiZr. The van der Waals surface area contributed by atoms with E-state index in [-0.39, 0.29) is 0 Å². The third kappa shape index (κ3) is 7.75. The Morgan fingerprint density at radius 1 is 0.795 bits per heavy atom. The maximum Gasteiger partial charge on any atom is 0.0461 e. The third-order valence-corrected chi connectivity index (χ3v) is 13.2. The van der Waals surface area contributed by atoms with Gasteiger partial charge in [-0.15, -0.1) is 0 Å². The minimum Gasteiger partial charge on any atom is -0.386 e. The number of ether oxygens (including phenoxy) is 1. The summed E-state index contributed by atoms with van der Waals surface area (Å²) in [5, 5.41) is 0. The van der Waals surface area contributed by atoms with E-state index in [1.54, 1.807) is 5.56 Å². The smallest absolute Gasteiger partial charge is 0.0461 e. The molecule has 2 unspecified atom stereocenters. The number of hydrogen-bond donors (Lipinski definition) is 0. The predicted molar refractivity (Wildman–Crippen MR) is 190 cm³/mol. The summed E-state index contributed by atoms with van der Waals surface area (Å²) in [7, 11) is 1.18. The fourth-order valence-electron chi connectivity index (χ4n) is 6.18. The Bertz CT molecular complexity index is 1640. The molecule has 0 heterocycles. The average molecular weight is 672 g/mol. The quantitative estimate of drug-likeness (QED) is 0.0927. The Labute approximate surface area is 279 Å². The van der Waals surface area contributed by atoms with Gasteiger partial charge in [0.15, 0.2) is 0 Å². The molecule has 0 aliphatic heterocycles. The minimum atomic E-state index is -0.957. The zero-order valence-corrected chi connectivity index (χ0v) is 31.1. The second-order valence-corrected chi connectivity index (χ2v) is 15.8. The molecule has 3 heteroatoms. The van der Waals surface area contributed by atoms with Crippen LogP contribution in [0.2, 0.25) is 0 Å². The summed E-state index contributed by atoms with van der Waals surface area (Å²) < 4.78 is 6.24. The van der Waals surface area contributed by atoms with Crippen LogP contribution in [0, 0.1) is 0 Å². The molecule has 6 rings (SSSR count). The van der Waals surface area contributed by atoms with Crippen LogP contribution in [0.15, 0.2) is 133 Å². The van der Waals surface area contributed by atoms with E-state index in [9.17, 15) is 0 Å². The number of unbranched alkanes of at least 4 members (excludes halogenated alkanes) is 1. The van der Waals surface area contributed by atoms with E-state index in [0.717, 1.165) is 12.8 Å². The molecule has 2 aliphatic rings. The van der Waals surface area contributed by atoms with Gasteiger partial charge in [-0.1, -0.05) is 13.3 Å². The summed E-state index contributed by atoms with van der Waals surface area (Å²) in [6, 6.07) is 39.8. The molecule has 0 bridgehead atoms. The molecule has 0 amide bonds. The molecule has 0 aromatic heterocycles. The number of hydrogen-bond acceptors (Lipinski definition) is 1. The van der Waals surface area contributed by atoms with Gasteiger partial charge in [0, 0.05) is 23.1 Å². The summed E-state index contributed by atoms with van der Waals surface area (Å²) >= 11 is -0.957. The van der Waals surface area contributed by atoms with Crippen molar-refractivity contribution in [2.45, 2.75) is 40.9 Å². The fraction of sp³-hybridized carbons (Fsp3) is 0.220. The van der Waals surface area contributed by atoms with Crippen molar-refractivity contribution < 1.29 is 28.0 Å². The van der Waals surface area contributed by atoms with Crippen molar-refractivity contribution in [3.63, 3.8) is 0 Å². The van der Waals surface area contributed by atoms with Gasteiger partial charge in [0.25, 0.3) is 0 Å². The van der Waals surface area contributed by atoms with Crippen LogP contribution in [0.25, 0.3) is 22.8 Å². The van der Waals surface area contributed by atoms with Crippen molar-refractivity contribution in [3.8, 4) is 0 Å². The van der Waals surface area contributed by atoms with Gasteiger partial charge < -0.3 is 4.74 Å². The maximum absolute atomic E-state index is 5.14. The molecule has 0 N–H and O–H groups in total. The molecule has 0 spiro atoms. The predicted octanol–water partition coefficient (Wildman–Crippen LogP) is 9.68. The SMILES string of the molecule is CC1=C[CH]([Zr][CH]2C(C(=CC=Cc3ccccc3)c3ccccc3)=C(C)c3ccccc32)c2ccccc21.CCCCOC[SiH3]. The van der Waals surface area contributed by atoms with Crippen molar-refractivity contribution in [2.75, 3.05) is 12.8 Å². The van der Waals surface area contributed by atoms with Crippen LogP contribution in [0.5, 0.6) is 0 Å². The van der Waals surface area contributed by atoms with Gasteiger partial charge in [-0.2, -0.15) is 0 Å². The Morgan fingerprint density at radius 3 is 2.14 bits per heavy atom. The van der Waals surface area contributed by atoms with Crippen LogP contribution in [0.4, 0.5) is 0 Å². The van der Waals surface area contributed by atoms with Crippen molar-refractivity contribution >= 4 is 33.0 Å². The largest absolute Gasteiger partial charge is 0.386 e. The first-order valence-corrected chi connectivity index (χ1v) is 20.3. The number of benzene rings is 4. The molecule has 0 radical (unpaired) electrons. The second-order valence-electron chi connectivity index (χ2n) is 11.4. The van der Waals surface area contributed by atoms with E-state index >= 15 is 0 Å². The second kappa shape index (κ2) is 16.3. The topological polar surface area (TPSA) is 9.23 Å². The molecular weight excluding hydrogens is 628 g/mol. The van der Waals surface area contributed by atoms with E-state index in [1.807, 2.05) is 0 Å². The van der Waals surface area contributed by atoms with Crippen molar-refractivity contribution in [1.82, 2.24) is 0 Å². The Balaban J connectivity index is 0.000000493. The van der Waals surface area contributed by atoms with E-state index in [4.69, 9.17) is 4.74 Å². The van der Waals surface area contributed by atoms with Crippen LogP contribution >= 0.6 is 0 Å². The standard InChI is InChI=1S/C26H21.C10H9.C5H14OSi.Zr/c1-20-24-17-9-8-16-23(24)19-26(20)25(22-14-6-3-7-15-22)18-10-13-21-11-4-2-5-12-21;1-8-6-7-9-4-2-3-5-10(8)9;1-2-3-4-6-5-7;/h2-19H,1H3;2-7H,1H3;2-5H2,1,7H3;. The molecule has 0 fully saturated rings. The first kappa shape index (κ1) is 32.3. The van der Waals surface area contributed by atoms with E-state index < -0.39 is 23.2 Å². The van der Waals surface area contributed by atoms with Gasteiger partial charge in [-0.3, -0.25) is 0 Å². The first-order chi connectivity index (χ1) is 21.6. The summed E-state index contributed by atoms with van der Waals surface area (Å²) in [4.78, 5) is 0. The Kier molecular flexibility index (Phi) is 11.9. The zero-order valence-electron chi connectivity index (χ0n) is 26.6. The van der Waals surface area contributed by atoms with Crippen LogP contribution in [0.3, 0.4) is 0 Å². The maximum atomic E-state index is 5.14. The number of rotatable bonds is 10. The van der Waals surface area contributed by atoms with Crippen LogP contribution in [-0.4, -0.2) is 23.1 Å². The van der Waals surface area contributed by atoms with Gasteiger partial charge in [0.2, 0.25) is 0 Å². The van der Waals surface area contributed by atoms with Crippen LogP contribution in [0.1, 0.15) is 74.2 Å². The summed E-state index contributed by atoms with van der Waals surface area (Å²) in [6.45, 7) is 7.78. The molecule has 4 aromatic carbocycles. The van der Waals surface area contributed by atoms with Crippen LogP contribution in [-0.2, 0) is 28.0 Å². The van der Waals surface area contributed by atoms with Crippen molar-refractivity contribution in [1.29, 1.82) is 0 Å². The molecule has 1 nitrogen and oxygen atoms in total. The molecule has 0 saturated carbocycles. The first-order valence-electron chi connectivity index (χ1n) is 16.0. The van der Waals surface area contributed by atoms with Gasteiger partial charge >= 0.3 is 234 Å². The van der Waals surface area contributed by atoms with Gasteiger partial charge in [0.05, 0.1) is 0 Å². The van der Waals surface area contributed by atoms with Crippen molar-refractivity contribution in [2.24, 2.45) is 0 Å². The van der Waals surface area contributed by atoms with Gasteiger partial charge in [-0.05, 0) is 6.42 Å². The van der Waals surface area contributed by atoms with Crippen LogP contribution < -0.4 is 0 Å². The molecule has 44 heavy (non-hydrogen) atoms. The molecule has 2 aliphatic carbocycles. The molecule has 222 valence electrons. The summed E-state index contributed by atoms with van der Waals surface area (Å²) in [5.74, 6) is 0. The summed E-state index contributed by atoms with van der Waals surface area (Å²) in [6.07, 6.45) is 12.8.